The van der Waals surface area contributed by atoms with Crippen molar-refractivity contribution in [1.29, 1.82) is 0 Å². The average Bonchev–Trinajstić information content (AvgIpc) is 3.28. The van der Waals surface area contributed by atoms with Crippen LogP contribution in [0.1, 0.15) is 5.76 Å². The highest BCUT2D eigenvalue weighted by molar-refractivity contribution is 9.10. The number of halogens is 3. The lowest BCUT2D eigenvalue weighted by Gasteiger charge is -2.34. The van der Waals surface area contributed by atoms with Crippen molar-refractivity contribution in [1.82, 2.24) is 14.1 Å². The Kier molecular flexibility index (Phi) is 8.25. The van der Waals surface area contributed by atoms with Crippen LogP contribution in [0.25, 0.3) is 11.3 Å². The van der Waals surface area contributed by atoms with E-state index in [0.717, 1.165) is 5.56 Å². The predicted molar refractivity (Wildman–Crippen MR) is 140 cm³/mol. The molecule has 0 unspecified atom stereocenters. The number of nitrogens with zero attached hydrogens (tertiary/aromatic N) is 3. The SMILES string of the molecule is CN(Cc1ccc(-c2ccc(Cl)cc2)o1)C(=O)CN1CCN(S(=O)(=O)c2ccc(Br)cc2Cl)CC1. The molecule has 2 aromatic carbocycles. The van der Waals surface area contributed by atoms with E-state index >= 15 is 0 Å². The van der Waals surface area contributed by atoms with Crippen molar-refractivity contribution in [2.75, 3.05) is 39.8 Å². The van der Waals surface area contributed by atoms with E-state index in [2.05, 4.69) is 15.9 Å². The summed E-state index contributed by atoms with van der Waals surface area (Å²) in [6.07, 6.45) is 0. The van der Waals surface area contributed by atoms with Crippen molar-refractivity contribution in [3.63, 3.8) is 0 Å². The van der Waals surface area contributed by atoms with Gasteiger partial charge in [-0.2, -0.15) is 4.31 Å². The standard InChI is InChI=1S/C24H24BrCl2N3O4S/c1-28(15-20-7-8-22(34-20)17-2-5-19(26)6-3-17)24(31)16-29-10-12-30(13-11-29)35(32,33)23-9-4-18(25)14-21(23)27/h2-9,14H,10-13,15-16H2,1H3. The number of piperazine rings is 1. The summed E-state index contributed by atoms with van der Waals surface area (Å²) in [6.45, 7) is 2.02. The van der Waals surface area contributed by atoms with Gasteiger partial charge in [-0.1, -0.05) is 39.1 Å². The average molecular weight is 601 g/mol. The molecule has 0 bridgehead atoms. The lowest BCUT2D eigenvalue weighted by atomic mass is 10.2. The summed E-state index contributed by atoms with van der Waals surface area (Å²) in [5, 5.41) is 0.831. The Labute approximate surface area is 223 Å². The van der Waals surface area contributed by atoms with Crippen molar-refractivity contribution >= 4 is 55.1 Å². The zero-order valence-electron chi connectivity index (χ0n) is 19.0. The molecule has 4 rings (SSSR count). The van der Waals surface area contributed by atoms with Crippen molar-refractivity contribution in [3.05, 3.63) is 74.9 Å². The molecule has 1 aliphatic heterocycles. The van der Waals surface area contributed by atoms with Crippen LogP contribution >= 0.6 is 39.1 Å². The maximum absolute atomic E-state index is 13.0. The highest BCUT2D eigenvalue weighted by Gasteiger charge is 2.31. The third kappa shape index (κ3) is 6.28. The van der Waals surface area contributed by atoms with Crippen molar-refractivity contribution < 1.29 is 17.6 Å². The first-order valence-corrected chi connectivity index (χ1v) is 13.9. The van der Waals surface area contributed by atoms with Gasteiger partial charge in [-0.15, -0.1) is 0 Å². The van der Waals surface area contributed by atoms with E-state index < -0.39 is 10.0 Å². The van der Waals surface area contributed by atoms with Gasteiger partial charge in [-0.3, -0.25) is 9.69 Å². The van der Waals surface area contributed by atoms with Crippen LogP contribution in [0.3, 0.4) is 0 Å². The second-order valence-corrected chi connectivity index (χ2v) is 11.9. The second kappa shape index (κ2) is 11.0. The highest BCUT2D eigenvalue weighted by atomic mass is 79.9. The smallest absolute Gasteiger partial charge is 0.244 e. The number of likely N-dealkylation sites (N-methyl/N-ethyl adjacent to an activating group) is 1. The lowest BCUT2D eigenvalue weighted by Crippen LogP contribution is -2.51. The number of furan rings is 1. The number of hydrogen-bond donors (Lipinski definition) is 0. The molecule has 2 heterocycles. The topological polar surface area (TPSA) is 74.1 Å². The zero-order valence-corrected chi connectivity index (χ0v) is 22.9. The van der Waals surface area contributed by atoms with E-state index in [9.17, 15) is 13.2 Å². The van der Waals surface area contributed by atoms with Gasteiger partial charge in [-0.05, 0) is 54.6 Å². The van der Waals surface area contributed by atoms with Crippen LogP contribution in [0.4, 0.5) is 0 Å². The zero-order chi connectivity index (χ0) is 25.2. The van der Waals surface area contributed by atoms with Gasteiger partial charge in [-0.25, -0.2) is 8.42 Å². The molecule has 3 aromatic rings. The van der Waals surface area contributed by atoms with E-state index in [0.29, 0.717) is 40.7 Å². The van der Waals surface area contributed by atoms with Crippen LogP contribution in [0.15, 0.2) is 68.4 Å². The van der Waals surface area contributed by atoms with Gasteiger partial charge < -0.3 is 9.32 Å². The van der Waals surface area contributed by atoms with Crippen molar-refractivity contribution in [2.24, 2.45) is 0 Å². The molecular formula is C24H24BrCl2N3O4S. The van der Waals surface area contributed by atoms with Crippen LogP contribution in [0.5, 0.6) is 0 Å². The van der Waals surface area contributed by atoms with E-state index in [-0.39, 0.29) is 35.5 Å². The molecule has 11 heteroatoms. The van der Waals surface area contributed by atoms with Gasteiger partial charge in [0.2, 0.25) is 15.9 Å². The maximum atomic E-state index is 13.0. The minimum atomic E-state index is -3.70. The molecule has 0 radical (unpaired) electrons. The van der Waals surface area contributed by atoms with E-state index in [1.54, 1.807) is 36.2 Å². The molecule has 0 saturated carbocycles. The number of amides is 1. The van der Waals surface area contributed by atoms with E-state index in [4.69, 9.17) is 27.6 Å². The normalized spacial score (nSPS) is 15.3. The molecule has 1 aliphatic rings. The largest absolute Gasteiger partial charge is 0.459 e. The number of benzene rings is 2. The number of hydrogen-bond acceptors (Lipinski definition) is 5. The van der Waals surface area contributed by atoms with Crippen LogP contribution in [0, 0.1) is 0 Å². The molecule has 1 amide bonds. The van der Waals surface area contributed by atoms with Crippen LogP contribution in [-0.4, -0.2) is 68.2 Å². The van der Waals surface area contributed by atoms with Crippen LogP contribution in [0.2, 0.25) is 10.0 Å². The molecule has 1 saturated heterocycles. The highest BCUT2D eigenvalue weighted by Crippen LogP contribution is 2.28. The van der Waals surface area contributed by atoms with Gasteiger partial charge in [0.05, 0.1) is 18.1 Å². The molecule has 35 heavy (non-hydrogen) atoms. The molecule has 0 spiro atoms. The Balaban J connectivity index is 1.30. The summed E-state index contributed by atoms with van der Waals surface area (Å²) >= 11 is 15.4. The number of sulfonamides is 1. The Bertz CT molecular complexity index is 1310. The van der Waals surface area contributed by atoms with Gasteiger partial charge in [0.1, 0.15) is 16.4 Å². The predicted octanol–water partition coefficient (Wildman–Crippen LogP) is 4.98. The first-order valence-electron chi connectivity index (χ1n) is 10.9. The Morgan fingerprint density at radius 1 is 1.03 bits per heavy atom. The third-order valence-corrected chi connectivity index (χ3v) is 8.94. The number of rotatable bonds is 7. The van der Waals surface area contributed by atoms with Gasteiger partial charge in [0, 0.05) is 48.3 Å². The fraction of sp³-hybridized carbons (Fsp3) is 0.292. The van der Waals surface area contributed by atoms with Crippen LogP contribution < -0.4 is 0 Å². The summed E-state index contributed by atoms with van der Waals surface area (Å²) < 4.78 is 34.0. The van der Waals surface area contributed by atoms with Gasteiger partial charge >= 0.3 is 0 Å². The van der Waals surface area contributed by atoms with Crippen molar-refractivity contribution in [3.8, 4) is 11.3 Å². The molecule has 7 nitrogen and oxygen atoms in total. The lowest BCUT2D eigenvalue weighted by molar-refractivity contribution is -0.132. The minimum Gasteiger partial charge on any atom is -0.459 e. The summed E-state index contributed by atoms with van der Waals surface area (Å²) in [4.78, 5) is 16.4. The molecule has 0 aliphatic carbocycles. The Hall–Kier alpha value is -1.88. The maximum Gasteiger partial charge on any atom is 0.244 e. The molecule has 1 aromatic heterocycles. The second-order valence-electron chi connectivity index (χ2n) is 8.28. The fourth-order valence-electron chi connectivity index (χ4n) is 3.82. The van der Waals surface area contributed by atoms with Crippen molar-refractivity contribution in [2.45, 2.75) is 11.4 Å². The first kappa shape index (κ1) is 26.2. The quantitative estimate of drug-likeness (QED) is 0.382. The Morgan fingerprint density at radius 2 is 1.71 bits per heavy atom. The summed E-state index contributed by atoms with van der Waals surface area (Å²) in [6, 6.07) is 15.8. The Morgan fingerprint density at radius 3 is 2.37 bits per heavy atom. The molecule has 1 fully saturated rings. The summed E-state index contributed by atoms with van der Waals surface area (Å²) in [7, 11) is -1.98. The molecular weight excluding hydrogens is 577 g/mol. The van der Waals surface area contributed by atoms with E-state index in [1.807, 2.05) is 29.2 Å². The van der Waals surface area contributed by atoms with Crippen LogP contribution in [-0.2, 0) is 21.4 Å². The minimum absolute atomic E-state index is 0.0679. The molecule has 0 atom stereocenters. The first-order chi connectivity index (χ1) is 16.6. The summed E-state index contributed by atoms with van der Waals surface area (Å²) in [5.41, 5.74) is 0.909. The molecule has 186 valence electrons. The number of carbonyl (C=O) groups excluding carboxylic acids is 1. The van der Waals surface area contributed by atoms with Gasteiger partial charge in [0.25, 0.3) is 0 Å². The third-order valence-electron chi connectivity index (χ3n) is 5.81. The van der Waals surface area contributed by atoms with E-state index in [1.165, 1.54) is 10.4 Å². The summed E-state index contributed by atoms with van der Waals surface area (Å²) in [5.74, 6) is 1.32. The van der Waals surface area contributed by atoms with Gasteiger partial charge in [0.15, 0.2) is 0 Å². The fourth-order valence-corrected chi connectivity index (χ4v) is 6.38. The molecule has 0 N–H and O–H groups in total. The number of carbonyl (C=O) groups is 1. The monoisotopic (exact) mass is 599 g/mol.